The van der Waals surface area contributed by atoms with Crippen LogP contribution in [0.15, 0.2) is 16.6 Å². The van der Waals surface area contributed by atoms with E-state index in [-0.39, 0.29) is 23.1 Å². The molecular formula is C9H9BrF2O2. The highest BCUT2D eigenvalue weighted by molar-refractivity contribution is 9.10. The van der Waals surface area contributed by atoms with Gasteiger partial charge in [0, 0.05) is 24.7 Å². The highest BCUT2D eigenvalue weighted by Gasteiger charge is 2.15. The van der Waals surface area contributed by atoms with Crippen LogP contribution in [0.25, 0.3) is 0 Å². The minimum absolute atomic E-state index is 0.0276. The molecule has 0 bridgehead atoms. The Kier molecular flexibility index (Phi) is 3.97. The van der Waals surface area contributed by atoms with Gasteiger partial charge in [-0.05, 0) is 22.0 Å². The zero-order valence-electron chi connectivity index (χ0n) is 7.17. The zero-order valence-corrected chi connectivity index (χ0v) is 8.76. The summed E-state index contributed by atoms with van der Waals surface area (Å²) >= 11 is 2.90. The summed E-state index contributed by atoms with van der Waals surface area (Å²) in [5.74, 6) is -1.52. The second-order valence-electron chi connectivity index (χ2n) is 2.82. The maximum Gasteiger partial charge on any atom is 0.140 e. The zero-order chi connectivity index (χ0) is 10.7. The van der Waals surface area contributed by atoms with Gasteiger partial charge in [-0.3, -0.25) is 0 Å². The van der Waals surface area contributed by atoms with Gasteiger partial charge in [-0.1, -0.05) is 0 Å². The first-order valence-electron chi connectivity index (χ1n) is 3.99. The number of aliphatic hydroxyl groups is 2. The van der Waals surface area contributed by atoms with E-state index in [0.29, 0.717) is 0 Å². The van der Waals surface area contributed by atoms with E-state index < -0.39 is 17.7 Å². The molecule has 2 nitrogen and oxygen atoms in total. The Balaban J connectivity index is 3.07. The van der Waals surface area contributed by atoms with E-state index in [9.17, 15) is 13.9 Å². The van der Waals surface area contributed by atoms with Gasteiger partial charge in [-0.25, -0.2) is 8.78 Å². The lowest BCUT2D eigenvalue weighted by atomic mass is 10.1. The molecule has 0 aromatic heterocycles. The summed E-state index contributed by atoms with van der Waals surface area (Å²) < 4.78 is 25.8. The van der Waals surface area contributed by atoms with Crippen molar-refractivity contribution >= 4 is 15.9 Å². The molecule has 1 aromatic carbocycles. The minimum atomic E-state index is -1.07. The first-order chi connectivity index (χ1) is 6.56. The highest BCUT2D eigenvalue weighted by atomic mass is 79.9. The lowest BCUT2D eigenvalue weighted by Crippen LogP contribution is -2.03. The average molecular weight is 267 g/mol. The van der Waals surface area contributed by atoms with Crippen molar-refractivity contribution in [2.45, 2.75) is 12.5 Å². The Hall–Kier alpha value is -0.520. The molecular weight excluding hydrogens is 258 g/mol. The van der Waals surface area contributed by atoms with Gasteiger partial charge in [0.15, 0.2) is 0 Å². The van der Waals surface area contributed by atoms with Crippen molar-refractivity contribution in [2.75, 3.05) is 6.61 Å². The Morgan fingerprint density at radius 3 is 2.57 bits per heavy atom. The van der Waals surface area contributed by atoms with Gasteiger partial charge in [0.05, 0.1) is 10.6 Å². The maximum absolute atomic E-state index is 13.0. The van der Waals surface area contributed by atoms with Crippen LogP contribution in [0.3, 0.4) is 0 Å². The first-order valence-corrected chi connectivity index (χ1v) is 4.79. The molecule has 78 valence electrons. The Morgan fingerprint density at radius 2 is 2.00 bits per heavy atom. The topological polar surface area (TPSA) is 40.5 Å². The molecule has 1 unspecified atom stereocenters. The quantitative estimate of drug-likeness (QED) is 0.824. The summed E-state index contributed by atoms with van der Waals surface area (Å²) in [5.41, 5.74) is 0.108. The molecule has 0 radical (unpaired) electrons. The van der Waals surface area contributed by atoms with Gasteiger partial charge in [0.2, 0.25) is 0 Å². The van der Waals surface area contributed by atoms with Crippen LogP contribution in [0.4, 0.5) is 8.78 Å². The standard InChI is InChI=1S/C9H9BrF2O2/c10-9-6(8(14)1-2-13)3-5(11)4-7(9)12/h3-4,8,13-14H,1-2H2. The van der Waals surface area contributed by atoms with Crippen molar-refractivity contribution < 1.29 is 19.0 Å². The number of hydrogen-bond donors (Lipinski definition) is 2. The maximum atomic E-state index is 13.0. The van der Waals surface area contributed by atoms with Crippen molar-refractivity contribution in [3.05, 3.63) is 33.8 Å². The van der Waals surface area contributed by atoms with E-state index >= 15 is 0 Å². The van der Waals surface area contributed by atoms with Crippen molar-refractivity contribution in [3.8, 4) is 0 Å². The molecule has 0 heterocycles. The molecule has 0 fully saturated rings. The van der Waals surface area contributed by atoms with E-state index in [0.717, 1.165) is 12.1 Å². The van der Waals surface area contributed by atoms with Gasteiger partial charge in [-0.15, -0.1) is 0 Å². The van der Waals surface area contributed by atoms with Crippen LogP contribution in [-0.2, 0) is 0 Å². The molecule has 1 rings (SSSR count). The second kappa shape index (κ2) is 4.82. The SMILES string of the molecule is OCCC(O)c1cc(F)cc(F)c1Br. The third-order valence-corrected chi connectivity index (χ3v) is 2.62. The monoisotopic (exact) mass is 266 g/mol. The summed E-state index contributed by atoms with van der Waals surface area (Å²) in [6, 6.07) is 1.76. The van der Waals surface area contributed by atoms with Crippen LogP contribution >= 0.6 is 15.9 Å². The molecule has 0 amide bonds. The molecule has 2 N–H and O–H groups in total. The molecule has 1 aromatic rings. The number of benzene rings is 1. The van der Waals surface area contributed by atoms with Crippen molar-refractivity contribution in [3.63, 3.8) is 0 Å². The number of hydrogen-bond acceptors (Lipinski definition) is 2. The van der Waals surface area contributed by atoms with Crippen molar-refractivity contribution in [2.24, 2.45) is 0 Å². The third kappa shape index (κ3) is 2.50. The molecule has 14 heavy (non-hydrogen) atoms. The molecule has 0 saturated carbocycles. The van der Waals surface area contributed by atoms with Gasteiger partial charge in [0.25, 0.3) is 0 Å². The average Bonchev–Trinajstić information content (AvgIpc) is 2.11. The van der Waals surface area contributed by atoms with E-state index in [2.05, 4.69) is 15.9 Å². The van der Waals surface area contributed by atoms with Crippen LogP contribution in [0.5, 0.6) is 0 Å². The van der Waals surface area contributed by atoms with Crippen molar-refractivity contribution in [1.29, 1.82) is 0 Å². The molecule has 0 aliphatic rings. The van der Waals surface area contributed by atoms with Crippen LogP contribution in [0.1, 0.15) is 18.1 Å². The predicted molar refractivity (Wildman–Crippen MR) is 50.7 cm³/mol. The van der Waals surface area contributed by atoms with Crippen LogP contribution in [0.2, 0.25) is 0 Å². The molecule has 0 aliphatic heterocycles. The third-order valence-electron chi connectivity index (χ3n) is 1.78. The summed E-state index contributed by atoms with van der Waals surface area (Å²) in [6.07, 6.45) is -1.03. The van der Waals surface area contributed by atoms with Crippen LogP contribution < -0.4 is 0 Å². The van der Waals surface area contributed by atoms with E-state index in [4.69, 9.17) is 5.11 Å². The van der Waals surface area contributed by atoms with E-state index in [1.807, 2.05) is 0 Å². The highest BCUT2D eigenvalue weighted by Crippen LogP contribution is 2.28. The Labute approximate surface area is 88.3 Å². The first kappa shape index (κ1) is 11.6. The number of rotatable bonds is 3. The van der Waals surface area contributed by atoms with Gasteiger partial charge in [0.1, 0.15) is 11.6 Å². The molecule has 5 heteroatoms. The Morgan fingerprint density at radius 1 is 1.36 bits per heavy atom. The fraction of sp³-hybridized carbons (Fsp3) is 0.333. The molecule has 0 aliphatic carbocycles. The van der Waals surface area contributed by atoms with Gasteiger partial charge < -0.3 is 10.2 Å². The molecule has 1 atom stereocenters. The van der Waals surface area contributed by atoms with Gasteiger partial charge in [-0.2, -0.15) is 0 Å². The predicted octanol–water partition coefficient (Wildman–Crippen LogP) is 2.14. The molecule has 0 saturated heterocycles. The largest absolute Gasteiger partial charge is 0.396 e. The Bertz CT molecular complexity index is 331. The van der Waals surface area contributed by atoms with Crippen LogP contribution in [0, 0.1) is 11.6 Å². The molecule has 0 spiro atoms. The summed E-state index contributed by atoms with van der Waals surface area (Å²) in [4.78, 5) is 0. The fourth-order valence-corrected chi connectivity index (χ4v) is 1.59. The van der Waals surface area contributed by atoms with Crippen molar-refractivity contribution in [1.82, 2.24) is 0 Å². The number of halogens is 3. The second-order valence-corrected chi connectivity index (χ2v) is 3.61. The number of aliphatic hydroxyl groups excluding tert-OH is 2. The van der Waals surface area contributed by atoms with Crippen LogP contribution in [-0.4, -0.2) is 16.8 Å². The summed E-state index contributed by atoms with van der Waals surface area (Å²) in [7, 11) is 0. The van der Waals surface area contributed by atoms with E-state index in [1.54, 1.807) is 0 Å². The lowest BCUT2D eigenvalue weighted by Gasteiger charge is -2.11. The van der Waals surface area contributed by atoms with E-state index in [1.165, 1.54) is 0 Å². The minimum Gasteiger partial charge on any atom is -0.396 e. The van der Waals surface area contributed by atoms with Gasteiger partial charge >= 0.3 is 0 Å². The lowest BCUT2D eigenvalue weighted by molar-refractivity contribution is 0.133. The smallest absolute Gasteiger partial charge is 0.140 e. The normalized spacial score (nSPS) is 12.9. The fourth-order valence-electron chi connectivity index (χ4n) is 1.10. The summed E-state index contributed by atoms with van der Waals surface area (Å²) in [6.45, 7) is -0.244. The summed E-state index contributed by atoms with van der Waals surface area (Å²) in [5, 5.41) is 18.0.